The Kier molecular flexibility index (Phi) is 19.1. The Balaban J connectivity index is 1.70. The quantitative estimate of drug-likeness (QED) is 0.182. The maximum Gasteiger partial charge on any atom is 0.338 e. The molecule has 0 aliphatic heterocycles. The lowest BCUT2D eigenvalue weighted by Crippen LogP contribution is -2.15. The smallest absolute Gasteiger partial charge is 0.338 e. The molecule has 0 aliphatic rings. The third-order valence-corrected chi connectivity index (χ3v) is 3.86. The Hall–Kier alpha value is -2.08. The van der Waals surface area contributed by atoms with Crippen LogP contribution >= 0.6 is 0 Å². The Bertz CT molecular complexity index is 596. The molecule has 1 rings (SSSR count). The first-order valence-corrected chi connectivity index (χ1v) is 11.0. The summed E-state index contributed by atoms with van der Waals surface area (Å²) in [6.45, 7) is 7.11. The van der Waals surface area contributed by atoms with Gasteiger partial charge in [-0.3, -0.25) is 4.79 Å². The third kappa shape index (κ3) is 19.1. The van der Waals surface area contributed by atoms with Gasteiger partial charge in [-0.1, -0.05) is 18.2 Å². The first kappa shape index (κ1) is 29.0. The van der Waals surface area contributed by atoms with Crippen LogP contribution in [0.5, 0.6) is 0 Å². The van der Waals surface area contributed by atoms with Crippen molar-refractivity contribution in [2.45, 2.75) is 6.92 Å². The summed E-state index contributed by atoms with van der Waals surface area (Å²) < 4.78 is 42.0. The molecule has 0 N–H and O–H groups in total. The molecule has 0 amide bonds. The van der Waals surface area contributed by atoms with Crippen LogP contribution in [0.2, 0.25) is 0 Å². The second-order valence-electron chi connectivity index (χ2n) is 6.52. The standard InChI is InChI=1S/C23H36O10/c1-21(24)32-19-17-30-15-13-28-11-9-26-7-8-27-10-12-29-14-16-31-18-20-33-23(25)22-5-3-2-4-6-22/h2-6H,7-20H2,1H3. The molecule has 10 heteroatoms. The van der Waals surface area contributed by atoms with E-state index in [9.17, 15) is 9.59 Å². The minimum Gasteiger partial charge on any atom is -0.463 e. The van der Waals surface area contributed by atoms with Gasteiger partial charge in [0.25, 0.3) is 0 Å². The van der Waals surface area contributed by atoms with E-state index in [1.165, 1.54) is 6.92 Å². The number of hydrogen-bond donors (Lipinski definition) is 0. The summed E-state index contributed by atoms with van der Waals surface area (Å²) in [6, 6.07) is 8.83. The van der Waals surface area contributed by atoms with Crippen molar-refractivity contribution in [3.8, 4) is 0 Å². The van der Waals surface area contributed by atoms with Crippen molar-refractivity contribution in [1.29, 1.82) is 0 Å². The molecular formula is C23H36O10. The number of esters is 2. The number of hydrogen-bond acceptors (Lipinski definition) is 10. The van der Waals surface area contributed by atoms with Gasteiger partial charge in [0.1, 0.15) is 13.2 Å². The fraction of sp³-hybridized carbons (Fsp3) is 0.652. The lowest BCUT2D eigenvalue weighted by molar-refractivity contribution is -0.142. The van der Waals surface area contributed by atoms with E-state index in [0.29, 0.717) is 84.8 Å². The summed E-state index contributed by atoms with van der Waals surface area (Å²) >= 11 is 0. The maximum atomic E-state index is 11.7. The van der Waals surface area contributed by atoms with Crippen molar-refractivity contribution in [1.82, 2.24) is 0 Å². The highest BCUT2D eigenvalue weighted by molar-refractivity contribution is 5.89. The number of carbonyl (C=O) groups excluding carboxylic acids is 2. The molecule has 0 atom stereocenters. The first-order valence-electron chi connectivity index (χ1n) is 11.0. The van der Waals surface area contributed by atoms with Gasteiger partial charge in [-0.2, -0.15) is 0 Å². The zero-order valence-electron chi connectivity index (χ0n) is 19.4. The van der Waals surface area contributed by atoms with Crippen LogP contribution in [0, 0.1) is 0 Å². The molecule has 1 aromatic carbocycles. The highest BCUT2D eigenvalue weighted by Crippen LogP contribution is 2.00. The second kappa shape index (κ2) is 21.7. The molecule has 188 valence electrons. The summed E-state index contributed by atoms with van der Waals surface area (Å²) in [4.78, 5) is 22.3. The van der Waals surface area contributed by atoms with Crippen LogP contribution in [0.3, 0.4) is 0 Å². The number of ether oxygens (including phenoxy) is 8. The van der Waals surface area contributed by atoms with Gasteiger partial charge in [-0.05, 0) is 12.1 Å². The second-order valence-corrected chi connectivity index (χ2v) is 6.52. The SMILES string of the molecule is CC(=O)OCCOCCOCCOCCOCCOCCOCCOC(=O)c1ccccc1. The normalized spacial score (nSPS) is 10.8. The molecule has 0 aliphatic carbocycles. The number of benzene rings is 1. The van der Waals surface area contributed by atoms with Crippen LogP contribution in [-0.2, 0) is 42.7 Å². The molecule has 0 radical (unpaired) electrons. The fourth-order valence-corrected chi connectivity index (χ4v) is 2.30. The molecule has 0 fully saturated rings. The van der Waals surface area contributed by atoms with E-state index in [1.807, 2.05) is 6.07 Å². The lowest BCUT2D eigenvalue weighted by Gasteiger charge is -2.08. The topological polar surface area (TPSA) is 108 Å². The van der Waals surface area contributed by atoms with E-state index in [4.69, 9.17) is 37.9 Å². The molecule has 0 saturated heterocycles. The molecule has 33 heavy (non-hydrogen) atoms. The van der Waals surface area contributed by atoms with E-state index in [0.717, 1.165) is 0 Å². The van der Waals surface area contributed by atoms with E-state index >= 15 is 0 Å². The molecule has 0 heterocycles. The minimum absolute atomic E-state index is 0.202. The molecule has 0 bridgehead atoms. The summed E-state index contributed by atoms with van der Waals surface area (Å²) in [6.07, 6.45) is 0. The molecule has 10 nitrogen and oxygen atoms in total. The van der Waals surface area contributed by atoms with E-state index in [-0.39, 0.29) is 25.2 Å². The van der Waals surface area contributed by atoms with Gasteiger partial charge in [-0.15, -0.1) is 0 Å². The van der Waals surface area contributed by atoms with Crippen molar-refractivity contribution in [3.63, 3.8) is 0 Å². The number of carbonyl (C=O) groups is 2. The van der Waals surface area contributed by atoms with Gasteiger partial charge in [0.05, 0.1) is 84.8 Å². The van der Waals surface area contributed by atoms with Crippen molar-refractivity contribution in [2.75, 3.05) is 92.5 Å². The molecular weight excluding hydrogens is 436 g/mol. The Labute approximate surface area is 195 Å². The number of rotatable bonds is 22. The molecule has 0 unspecified atom stereocenters. The van der Waals surface area contributed by atoms with Crippen molar-refractivity contribution in [3.05, 3.63) is 35.9 Å². The first-order chi connectivity index (χ1) is 16.2. The van der Waals surface area contributed by atoms with Gasteiger partial charge in [0.2, 0.25) is 0 Å². The fourth-order valence-electron chi connectivity index (χ4n) is 2.30. The molecule has 1 aromatic rings. The van der Waals surface area contributed by atoms with Gasteiger partial charge in [0.15, 0.2) is 0 Å². The van der Waals surface area contributed by atoms with Crippen LogP contribution in [0.1, 0.15) is 17.3 Å². The maximum absolute atomic E-state index is 11.7. The summed E-state index contributed by atoms with van der Waals surface area (Å²) in [7, 11) is 0. The lowest BCUT2D eigenvalue weighted by atomic mass is 10.2. The van der Waals surface area contributed by atoms with Crippen molar-refractivity contribution >= 4 is 11.9 Å². The third-order valence-electron chi connectivity index (χ3n) is 3.86. The van der Waals surface area contributed by atoms with Crippen LogP contribution in [0.15, 0.2) is 30.3 Å². The largest absolute Gasteiger partial charge is 0.463 e. The van der Waals surface area contributed by atoms with Crippen molar-refractivity contribution < 1.29 is 47.5 Å². The molecule has 0 saturated carbocycles. The minimum atomic E-state index is -0.358. The Morgan fingerprint density at radius 2 is 0.848 bits per heavy atom. The van der Waals surface area contributed by atoms with E-state index in [1.54, 1.807) is 24.3 Å². The van der Waals surface area contributed by atoms with E-state index < -0.39 is 0 Å². The van der Waals surface area contributed by atoms with Crippen molar-refractivity contribution in [2.24, 2.45) is 0 Å². The predicted octanol–water partition coefficient (Wildman–Crippen LogP) is 1.51. The van der Waals surface area contributed by atoms with Gasteiger partial charge in [-0.25, -0.2) is 4.79 Å². The average Bonchev–Trinajstić information content (AvgIpc) is 2.82. The highest BCUT2D eigenvalue weighted by Gasteiger charge is 2.05. The molecule has 0 spiro atoms. The highest BCUT2D eigenvalue weighted by atomic mass is 16.6. The van der Waals surface area contributed by atoms with E-state index in [2.05, 4.69) is 0 Å². The van der Waals surface area contributed by atoms with Gasteiger partial charge < -0.3 is 37.9 Å². The zero-order chi connectivity index (χ0) is 23.8. The molecule has 0 aromatic heterocycles. The Morgan fingerprint density at radius 1 is 0.515 bits per heavy atom. The predicted molar refractivity (Wildman–Crippen MR) is 118 cm³/mol. The van der Waals surface area contributed by atoms with Crippen LogP contribution in [0.25, 0.3) is 0 Å². The van der Waals surface area contributed by atoms with Crippen LogP contribution in [-0.4, -0.2) is 104 Å². The monoisotopic (exact) mass is 472 g/mol. The van der Waals surface area contributed by atoms with Gasteiger partial charge in [0, 0.05) is 6.92 Å². The summed E-state index contributed by atoms with van der Waals surface area (Å²) in [5, 5.41) is 0. The zero-order valence-corrected chi connectivity index (χ0v) is 19.4. The Morgan fingerprint density at radius 3 is 1.21 bits per heavy atom. The summed E-state index contributed by atoms with van der Waals surface area (Å²) in [5.74, 6) is -0.672. The van der Waals surface area contributed by atoms with Gasteiger partial charge >= 0.3 is 11.9 Å². The van der Waals surface area contributed by atoms with Crippen LogP contribution in [0.4, 0.5) is 0 Å². The average molecular weight is 473 g/mol. The summed E-state index contributed by atoms with van der Waals surface area (Å²) in [5.41, 5.74) is 0.524. The van der Waals surface area contributed by atoms with Crippen LogP contribution < -0.4 is 0 Å².